The molecule has 8 heteroatoms. The van der Waals surface area contributed by atoms with E-state index in [0.29, 0.717) is 37.6 Å². The van der Waals surface area contributed by atoms with Gasteiger partial charge in [0.25, 0.3) is 0 Å². The molecule has 1 aromatic rings. The molecule has 0 amide bonds. The molecular weight excluding hydrogens is 298 g/mol. The van der Waals surface area contributed by atoms with Crippen molar-refractivity contribution in [3.8, 4) is 0 Å². The molecule has 0 saturated carbocycles. The van der Waals surface area contributed by atoms with Gasteiger partial charge in [-0.2, -0.15) is 12.7 Å². The van der Waals surface area contributed by atoms with Crippen molar-refractivity contribution in [1.29, 1.82) is 0 Å². The fraction of sp³-hybridized carbons (Fsp3) is 0.417. The Morgan fingerprint density at radius 1 is 1.30 bits per heavy atom. The van der Waals surface area contributed by atoms with Gasteiger partial charge in [0.1, 0.15) is 4.99 Å². The topological polar surface area (TPSA) is 75.9 Å². The number of rotatable bonds is 4. The Balaban J connectivity index is 2.20. The molecule has 2 N–H and O–H groups in total. The Labute approximate surface area is 124 Å². The van der Waals surface area contributed by atoms with E-state index in [4.69, 9.17) is 22.7 Å². The van der Waals surface area contributed by atoms with Gasteiger partial charge in [0.15, 0.2) is 0 Å². The lowest BCUT2D eigenvalue weighted by atomic mass is 10.2. The van der Waals surface area contributed by atoms with Crippen molar-refractivity contribution < 1.29 is 13.2 Å². The maximum atomic E-state index is 12.5. The number of nitrogens with zero attached hydrogens (tertiary/aromatic N) is 2. The van der Waals surface area contributed by atoms with E-state index in [2.05, 4.69) is 0 Å². The van der Waals surface area contributed by atoms with Crippen LogP contribution in [0.1, 0.15) is 5.56 Å². The quantitative estimate of drug-likeness (QED) is 0.811. The van der Waals surface area contributed by atoms with Crippen LogP contribution in [0.2, 0.25) is 0 Å². The fourth-order valence-electron chi connectivity index (χ4n) is 1.92. The summed E-state index contributed by atoms with van der Waals surface area (Å²) in [7, 11) is -2.00. The zero-order chi connectivity index (χ0) is 14.8. The summed E-state index contributed by atoms with van der Waals surface area (Å²) in [5.41, 5.74) is 6.80. The number of nitrogens with two attached hydrogens (primary N) is 1. The van der Waals surface area contributed by atoms with Crippen LogP contribution in [0, 0.1) is 0 Å². The van der Waals surface area contributed by atoms with E-state index in [-0.39, 0.29) is 4.99 Å². The molecule has 2 rings (SSSR count). The van der Waals surface area contributed by atoms with E-state index in [9.17, 15) is 8.42 Å². The van der Waals surface area contributed by atoms with Crippen LogP contribution in [-0.2, 0) is 14.9 Å². The van der Waals surface area contributed by atoms with E-state index < -0.39 is 10.2 Å². The first-order valence-corrected chi connectivity index (χ1v) is 7.95. The molecule has 0 atom stereocenters. The van der Waals surface area contributed by atoms with Crippen LogP contribution in [0.5, 0.6) is 0 Å². The summed E-state index contributed by atoms with van der Waals surface area (Å²) in [6.07, 6.45) is 0. The molecule has 6 nitrogen and oxygen atoms in total. The lowest BCUT2D eigenvalue weighted by Crippen LogP contribution is -2.47. The fourth-order valence-corrected chi connectivity index (χ4v) is 3.40. The lowest BCUT2D eigenvalue weighted by molar-refractivity contribution is 0.0730. The van der Waals surface area contributed by atoms with E-state index in [1.54, 1.807) is 24.3 Å². The van der Waals surface area contributed by atoms with Gasteiger partial charge < -0.3 is 10.5 Å². The number of morpholine rings is 1. The van der Waals surface area contributed by atoms with E-state index >= 15 is 0 Å². The van der Waals surface area contributed by atoms with Crippen LogP contribution >= 0.6 is 12.2 Å². The second kappa shape index (κ2) is 6.04. The first kappa shape index (κ1) is 15.2. The SMILES string of the molecule is CN(c1ccc(C(N)=S)cc1)S(=O)(=O)N1CCOCC1. The van der Waals surface area contributed by atoms with Crippen LogP contribution in [0.4, 0.5) is 5.69 Å². The standard InChI is InChI=1S/C12H17N3O3S2/c1-14(11-4-2-10(3-5-11)12(13)19)20(16,17)15-6-8-18-9-7-15/h2-5H,6-9H2,1H3,(H2,13,19). The third kappa shape index (κ3) is 3.09. The molecule has 0 aliphatic carbocycles. The van der Waals surface area contributed by atoms with Crippen molar-refractivity contribution in [1.82, 2.24) is 4.31 Å². The second-order valence-electron chi connectivity index (χ2n) is 4.40. The maximum Gasteiger partial charge on any atom is 0.303 e. The normalized spacial score (nSPS) is 16.9. The second-order valence-corrected chi connectivity index (χ2v) is 6.80. The predicted octanol–water partition coefficient (Wildman–Crippen LogP) is 0.334. The molecule has 0 aromatic heterocycles. The predicted molar refractivity (Wildman–Crippen MR) is 82.0 cm³/mol. The number of benzene rings is 1. The molecular formula is C12H17N3O3S2. The molecule has 0 bridgehead atoms. The smallest absolute Gasteiger partial charge is 0.303 e. The molecule has 110 valence electrons. The Kier molecular flexibility index (Phi) is 4.59. The average Bonchev–Trinajstić information content (AvgIpc) is 2.47. The number of hydrogen-bond acceptors (Lipinski definition) is 4. The van der Waals surface area contributed by atoms with Crippen molar-refractivity contribution in [3.05, 3.63) is 29.8 Å². The minimum Gasteiger partial charge on any atom is -0.389 e. The van der Waals surface area contributed by atoms with E-state index in [0.717, 1.165) is 0 Å². The zero-order valence-corrected chi connectivity index (χ0v) is 12.8. The highest BCUT2D eigenvalue weighted by Crippen LogP contribution is 2.20. The van der Waals surface area contributed by atoms with Gasteiger partial charge in [-0.05, 0) is 24.3 Å². The van der Waals surface area contributed by atoms with Crippen LogP contribution in [0.25, 0.3) is 0 Å². The first-order chi connectivity index (χ1) is 9.43. The molecule has 0 unspecified atom stereocenters. The summed E-state index contributed by atoms with van der Waals surface area (Å²) in [6.45, 7) is 1.59. The number of hydrogen-bond donors (Lipinski definition) is 1. The minimum atomic E-state index is -3.53. The van der Waals surface area contributed by atoms with Gasteiger partial charge in [-0.3, -0.25) is 4.31 Å². The monoisotopic (exact) mass is 315 g/mol. The number of thiocarbonyl (C=S) groups is 1. The highest BCUT2D eigenvalue weighted by molar-refractivity contribution is 7.90. The summed E-state index contributed by atoms with van der Waals surface area (Å²) in [5, 5.41) is 0. The molecule has 0 radical (unpaired) electrons. The van der Waals surface area contributed by atoms with Crippen molar-refractivity contribution in [2.75, 3.05) is 37.7 Å². The molecule has 0 spiro atoms. The van der Waals surface area contributed by atoms with Gasteiger partial charge in [-0.1, -0.05) is 12.2 Å². The molecule has 1 aliphatic rings. The summed E-state index contributed by atoms with van der Waals surface area (Å²) < 4.78 is 32.7. The third-order valence-corrected chi connectivity index (χ3v) is 5.31. The molecule has 1 aliphatic heterocycles. The summed E-state index contributed by atoms with van der Waals surface area (Å²) >= 11 is 4.87. The van der Waals surface area contributed by atoms with Crippen molar-refractivity contribution in [3.63, 3.8) is 0 Å². The first-order valence-electron chi connectivity index (χ1n) is 6.14. The van der Waals surface area contributed by atoms with Gasteiger partial charge in [0.2, 0.25) is 0 Å². The molecule has 1 aromatic carbocycles. The highest BCUT2D eigenvalue weighted by Gasteiger charge is 2.28. The summed E-state index contributed by atoms with van der Waals surface area (Å²) in [5.74, 6) is 0. The van der Waals surface area contributed by atoms with Gasteiger partial charge in [-0.25, -0.2) is 0 Å². The number of ether oxygens (including phenoxy) is 1. The lowest BCUT2D eigenvalue weighted by Gasteiger charge is -2.31. The zero-order valence-electron chi connectivity index (χ0n) is 11.2. The van der Waals surface area contributed by atoms with Crippen LogP contribution in [0.3, 0.4) is 0 Å². The van der Waals surface area contributed by atoms with Crippen molar-refractivity contribution >= 4 is 33.1 Å². The van der Waals surface area contributed by atoms with Gasteiger partial charge >= 0.3 is 10.2 Å². The summed E-state index contributed by atoms with van der Waals surface area (Å²) in [4.78, 5) is 0.287. The van der Waals surface area contributed by atoms with Crippen LogP contribution in [-0.4, -0.2) is 51.1 Å². The third-order valence-electron chi connectivity index (χ3n) is 3.16. The Hall–Kier alpha value is -1.22. The maximum absolute atomic E-state index is 12.5. The largest absolute Gasteiger partial charge is 0.389 e. The van der Waals surface area contributed by atoms with Crippen molar-refractivity contribution in [2.24, 2.45) is 5.73 Å². The number of anilines is 1. The Morgan fingerprint density at radius 3 is 2.35 bits per heavy atom. The van der Waals surface area contributed by atoms with E-state index in [1.165, 1.54) is 15.7 Å². The van der Waals surface area contributed by atoms with Crippen LogP contribution < -0.4 is 10.0 Å². The molecule has 1 saturated heterocycles. The van der Waals surface area contributed by atoms with E-state index in [1.807, 2.05) is 0 Å². The minimum absolute atomic E-state index is 0.287. The van der Waals surface area contributed by atoms with Crippen molar-refractivity contribution in [2.45, 2.75) is 0 Å². The van der Waals surface area contributed by atoms with Crippen LogP contribution in [0.15, 0.2) is 24.3 Å². The molecule has 1 fully saturated rings. The Bertz CT molecular complexity index is 580. The van der Waals surface area contributed by atoms with Gasteiger partial charge in [0, 0.05) is 25.7 Å². The molecule has 20 heavy (non-hydrogen) atoms. The summed E-state index contributed by atoms with van der Waals surface area (Å²) in [6, 6.07) is 6.80. The van der Waals surface area contributed by atoms with Gasteiger partial charge in [0.05, 0.1) is 18.9 Å². The Morgan fingerprint density at radius 2 is 1.85 bits per heavy atom. The highest BCUT2D eigenvalue weighted by atomic mass is 32.2. The average molecular weight is 315 g/mol. The molecule has 1 heterocycles. The van der Waals surface area contributed by atoms with Gasteiger partial charge in [-0.15, -0.1) is 0 Å².